The average molecular weight is 649 g/mol. The first kappa shape index (κ1) is 32.2. The smallest absolute Gasteiger partial charge is 0.413 e. The number of hydrogen-bond donors (Lipinski definition) is 2. The number of benzene rings is 2. The molecule has 2 aromatic carbocycles. The van der Waals surface area contributed by atoms with E-state index in [0.29, 0.717) is 17.0 Å². The van der Waals surface area contributed by atoms with Crippen molar-refractivity contribution in [2.75, 3.05) is 24.0 Å². The highest BCUT2D eigenvalue weighted by Gasteiger charge is 2.55. The standard InChI is InChI=1S/C36H36N6O6/c1-40(27-15-17-37-18-16-27)34(44)32-29(33(43)42(32)35(45)39-31(26-10-11-26)25-6-4-3-5-7-25)20-24-14-19-38-30(21-24)41(36(46)47)22-23-8-12-28(48-2)13-9-23/h3-9,12-19,21,26,29,31-32H,10-11,20,22H2,1-2H3,(H,39,45)(H,46,47)/t29-,31+,32+/m1/s1. The number of aromatic nitrogens is 2. The van der Waals surface area contributed by atoms with Crippen molar-refractivity contribution in [1.82, 2.24) is 20.2 Å². The van der Waals surface area contributed by atoms with Gasteiger partial charge in [0.25, 0.3) is 5.91 Å². The number of nitrogens with zero attached hydrogens (tertiary/aromatic N) is 5. The van der Waals surface area contributed by atoms with Crippen LogP contribution in [0.3, 0.4) is 0 Å². The molecule has 1 aliphatic heterocycles. The number of anilines is 2. The van der Waals surface area contributed by atoms with E-state index in [1.807, 2.05) is 30.3 Å². The van der Waals surface area contributed by atoms with Crippen molar-refractivity contribution in [2.45, 2.75) is 37.9 Å². The number of ether oxygens (including phenoxy) is 1. The Labute approximate surface area is 278 Å². The zero-order valence-corrected chi connectivity index (χ0v) is 26.6. The number of rotatable bonds is 11. The summed E-state index contributed by atoms with van der Waals surface area (Å²) < 4.78 is 5.20. The van der Waals surface area contributed by atoms with Gasteiger partial charge in [0, 0.05) is 31.3 Å². The summed E-state index contributed by atoms with van der Waals surface area (Å²) in [6.07, 6.45) is 5.41. The van der Waals surface area contributed by atoms with Crippen LogP contribution in [-0.2, 0) is 22.6 Å². The van der Waals surface area contributed by atoms with Gasteiger partial charge in [-0.05, 0) is 78.3 Å². The summed E-state index contributed by atoms with van der Waals surface area (Å²) in [5.41, 5.74) is 2.84. The molecule has 0 bridgehead atoms. The molecule has 0 unspecified atom stereocenters. The van der Waals surface area contributed by atoms with Crippen molar-refractivity contribution in [3.8, 4) is 5.75 Å². The third-order valence-corrected chi connectivity index (χ3v) is 8.87. The quantitative estimate of drug-likeness (QED) is 0.215. The second-order valence-corrected chi connectivity index (χ2v) is 12.0. The Balaban J connectivity index is 1.25. The Hall–Kier alpha value is -5.78. The number of nitrogens with one attached hydrogen (secondary N) is 1. The highest BCUT2D eigenvalue weighted by Crippen LogP contribution is 2.42. The molecule has 12 nitrogen and oxygen atoms in total. The monoisotopic (exact) mass is 648 g/mol. The summed E-state index contributed by atoms with van der Waals surface area (Å²) in [5.74, 6) is -0.700. The van der Waals surface area contributed by atoms with Gasteiger partial charge >= 0.3 is 12.1 Å². The molecule has 1 aliphatic carbocycles. The van der Waals surface area contributed by atoms with E-state index in [0.717, 1.165) is 33.8 Å². The minimum Gasteiger partial charge on any atom is -0.497 e. The number of carbonyl (C=O) groups is 4. The molecule has 2 N–H and O–H groups in total. The SMILES string of the molecule is COc1ccc(CN(C(=O)O)c2cc(C[C@H]3C(=O)N(C(=O)N[C@@H](c4ccccc4)C4CC4)[C@@H]3C(=O)N(C)c3ccncc3)ccn2)cc1. The zero-order chi connectivity index (χ0) is 33.8. The molecule has 0 spiro atoms. The number of imide groups is 1. The first-order chi connectivity index (χ1) is 23.2. The number of methoxy groups -OCH3 is 1. The molecule has 3 heterocycles. The second kappa shape index (κ2) is 13.9. The molecule has 48 heavy (non-hydrogen) atoms. The van der Waals surface area contributed by atoms with Crippen LogP contribution in [0, 0.1) is 11.8 Å². The fourth-order valence-electron chi connectivity index (χ4n) is 6.06. The lowest BCUT2D eigenvalue weighted by Gasteiger charge is -2.46. The van der Waals surface area contributed by atoms with E-state index in [4.69, 9.17) is 4.74 Å². The third-order valence-electron chi connectivity index (χ3n) is 8.87. The summed E-state index contributed by atoms with van der Waals surface area (Å²) >= 11 is 0. The molecule has 2 aromatic heterocycles. The molecule has 6 rings (SSSR count). The van der Waals surface area contributed by atoms with Crippen molar-refractivity contribution in [3.05, 3.63) is 114 Å². The molecule has 0 radical (unpaired) electrons. The van der Waals surface area contributed by atoms with Crippen LogP contribution < -0.4 is 19.9 Å². The Morgan fingerprint density at radius 3 is 2.33 bits per heavy atom. The molecular formula is C36H36N6O6. The van der Waals surface area contributed by atoms with E-state index < -0.39 is 35.9 Å². The molecule has 246 valence electrons. The van der Waals surface area contributed by atoms with Crippen LogP contribution in [0.15, 0.2) is 97.5 Å². The normalized spacial score (nSPS) is 17.5. The van der Waals surface area contributed by atoms with E-state index in [1.165, 1.54) is 11.1 Å². The van der Waals surface area contributed by atoms with Gasteiger partial charge in [-0.1, -0.05) is 42.5 Å². The Morgan fingerprint density at radius 2 is 1.69 bits per heavy atom. The summed E-state index contributed by atoms with van der Waals surface area (Å²) in [6, 6.07) is 21.3. The van der Waals surface area contributed by atoms with E-state index in [9.17, 15) is 24.3 Å². The number of urea groups is 1. The molecule has 4 aromatic rings. The third kappa shape index (κ3) is 6.82. The molecule has 2 fully saturated rings. The fourth-order valence-corrected chi connectivity index (χ4v) is 6.06. The molecule has 12 heteroatoms. The van der Waals surface area contributed by atoms with Gasteiger partial charge in [-0.2, -0.15) is 0 Å². The van der Waals surface area contributed by atoms with Crippen LogP contribution in [0.2, 0.25) is 0 Å². The number of likely N-dealkylation sites (tertiary alicyclic amines) is 1. The van der Waals surface area contributed by atoms with Crippen molar-refractivity contribution < 1.29 is 29.0 Å². The summed E-state index contributed by atoms with van der Waals surface area (Å²) in [7, 11) is 3.15. The number of amides is 5. The van der Waals surface area contributed by atoms with Gasteiger partial charge in [-0.25, -0.2) is 14.6 Å². The Morgan fingerprint density at radius 1 is 0.979 bits per heavy atom. The van der Waals surface area contributed by atoms with Crippen molar-refractivity contribution in [2.24, 2.45) is 11.8 Å². The van der Waals surface area contributed by atoms with Crippen LogP contribution >= 0.6 is 0 Å². The molecule has 1 saturated carbocycles. The van der Waals surface area contributed by atoms with E-state index in [1.54, 1.807) is 75.1 Å². The van der Waals surface area contributed by atoms with Crippen molar-refractivity contribution >= 4 is 35.4 Å². The number of carbonyl (C=O) groups excluding carboxylic acids is 3. The minimum absolute atomic E-state index is 0.0352. The van der Waals surface area contributed by atoms with Crippen molar-refractivity contribution in [1.29, 1.82) is 0 Å². The fraction of sp³-hybridized carbons (Fsp3) is 0.278. The van der Waals surface area contributed by atoms with Gasteiger partial charge in [-0.3, -0.25) is 24.4 Å². The predicted octanol–water partition coefficient (Wildman–Crippen LogP) is 5.06. The van der Waals surface area contributed by atoms with E-state index >= 15 is 0 Å². The maximum Gasteiger partial charge on any atom is 0.413 e. The van der Waals surface area contributed by atoms with E-state index in [2.05, 4.69) is 15.3 Å². The van der Waals surface area contributed by atoms with Crippen LogP contribution in [-0.4, -0.2) is 64.1 Å². The highest BCUT2D eigenvalue weighted by atomic mass is 16.5. The van der Waals surface area contributed by atoms with Gasteiger partial charge in [0.15, 0.2) is 0 Å². The first-order valence-corrected chi connectivity index (χ1v) is 15.7. The molecule has 5 amide bonds. The number of pyridine rings is 2. The number of hydrogen-bond acceptors (Lipinski definition) is 7. The Bertz CT molecular complexity index is 1780. The average Bonchev–Trinajstić information content (AvgIpc) is 3.96. The lowest BCUT2D eigenvalue weighted by atomic mass is 9.81. The minimum atomic E-state index is -1.20. The van der Waals surface area contributed by atoms with E-state index in [-0.39, 0.29) is 30.7 Å². The maximum absolute atomic E-state index is 14.0. The summed E-state index contributed by atoms with van der Waals surface area (Å²) in [5, 5.41) is 13.1. The predicted molar refractivity (Wildman–Crippen MR) is 177 cm³/mol. The van der Waals surface area contributed by atoms with Crippen LogP contribution in [0.1, 0.15) is 35.6 Å². The van der Waals surface area contributed by atoms with Gasteiger partial charge in [0.2, 0.25) is 5.91 Å². The van der Waals surface area contributed by atoms with Gasteiger partial charge in [0.1, 0.15) is 17.6 Å². The molecule has 3 atom stereocenters. The second-order valence-electron chi connectivity index (χ2n) is 12.0. The molecular weight excluding hydrogens is 612 g/mol. The lowest BCUT2D eigenvalue weighted by molar-refractivity contribution is -0.156. The number of β-lactam (4-membered cyclic amide) rings is 1. The summed E-state index contributed by atoms with van der Waals surface area (Å²) in [6.45, 7) is 0.0352. The van der Waals surface area contributed by atoms with Crippen LogP contribution in [0.4, 0.5) is 21.1 Å². The topological polar surface area (TPSA) is 145 Å². The van der Waals surface area contributed by atoms with Gasteiger partial charge < -0.3 is 20.1 Å². The molecule has 2 aliphatic rings. The molecule has 1 saturated heterocycles. The number of likely N-dealkylation sites (N-methyl/N-ethyl adjacent to an activating group) is 1. The van der Waals surface area contributed by atoms with Gasteiger partial charge in [-0.15, -0.1) is 0 Å². The lowest BCUT2D eigenvalue weighted by Crippen LogP contribution is -2.70. The largest absolute Gasteiger partial charge is 0.497 e. The summed E-state index contributed by atoms with van der Waals surface area (Å²) in [4.78, 5) is 65.7. The van der Waals surface area contributed by atoms with Crippen molar-refractivity contribution in [3.63, 3.8) is 0 Å². The maximum atomic E-state index is 14.0. The number of carboxylic acid groups (broad SMARTS) is 1. The van der Waals surface area contributed by atoms with Gasteiger partial charge in [0.05, 0.1) is 25.6 Å². The van der Waals surface area contributed by atoms with Crippen LogP contribution in [0.25, 0.3) is 0 Å². The zero-order valence-electron chi connectivity index (χ0n) is 26.6. The highest BCUT2D eigenvalue weighted by molar-refractivity contribution is 6.12. The Kier molecular flexibility index (Phi) is 9.33. The van der Waals surface area contributed by atoms with Crippen LogP contribution in [0.5, 0.6) is 5.75 Å². The first-order valence-electron chi connectivity index (χ1n) is 15.7.